The molecule has 0 saturated carbocycles. The molecule has 7 heteroatoms. The third kappa shape index (κ3) is 8.86. The second-order valence-electron chi connectivity index (χ2n) is 3.70. The molecule has 6 nitrogen and oxygen atoms in total. The van der Waals surface area contributed by atoms with Crippen molar-refractivity contribution in [2.24, 2.45) is 0 Å². The van der Waals surface area contributed by atoms with Gasteiger partial charge in [0.25, 0.3) is 0 Å². The predicted octanol–water partition coefficient (Wildman–Crippen LogP) is 0.225. The van der Waals surface area contributed by atoms with Crippen LogP contribution in [-0.2, 0) is 14.4 Å². The van der Waals surface area contributed by atoms with Gasteiger partial charge in [-0.25, -0.2) is 4.79 Å². The lowest BCUT2D eigenvalue weighted by Gasteiger charge is -2.12. The van der Waals surface area contributed by atoms with Crippen LogP contribution in [0.15, 0.2) is 0 Å². The van der Waals surface area contributed by atoms with Crippen LogP contribution in [0.1, 0.15) is 26.7 Å². The van der Waals surface area contributed by atoms with Gasteiger partial charge in [0.2, 0.25) is 11.8 Å². The standard InChI is InChI=1S/C11H20N2O4S/c1-3-12-10(15)5-7-18-6-4-9(11(16)17)13-8(2)14/h9H,3-7H2,1-2H3,(H,12,15)(H,13,14)(H,16,17). The highest BCUT2D eigenvalue weighted by Gasteiger charge is 2.17. The van der Waals surface area contributed by atoms with E-state index in [0.717, 1.165) is 0 Å². The Kier molecular flexibility index (Phi) is 9.08. The molecule has 0 aliphatic heterocycles. The van der Waals surface area contributed by atoms with Crippen molar-refractivity contribution in [3.63, 3.8) is 0 Å². The fraction of sp³-hybridized carbons (Fsp3) is 0.727. The maximum absolute atomic E-state index is 11.1. The molecule has 0 aliphatic carbocycles. The van der Waals surface area contributed by atoms with Crippen LogP contribution in [-0.4, -0.2) is 47.0 Å². The number of carboxylic acids is 1. The van der Waals surface area contributed by atoms with E-state index in [2.05, 4.69) is 10.6 Å². The third-order valence-corrected chi connectivity index (χ3v) is 3.09. The van der Waals surface area contributed by atoms with E-state index in [4.69, 9.17) is 5.11 Å². The summed E-state index contributed by atoms with van der Waals surface area (Å²) in [5.74, 6) is -0.138. The van der Waals surface area contributed by atoms with Gasteiger partial charge in [0, 0.05) is 25.6 Å². The minimum absolute atomic E-state index is 0.00152. The van der Waals surface area contributed by atoms with E-state index in [1.807, 2.05) is 6.92 Å². The Balaban J connectivity index is 3.70. The van der Waals surface area contributed by atoms with Crippen LogP contribution in [0.5, 0.6) is 0 Å². The van der Waals surface area contributed by atoms with Crippen LogP contribution in [0, 0.1) is 0 Å². The van der Waals surface area contributed by atoms with Crippen molar-refractivity contribution in [2.45, 2.75) is 32.7 Å². The Morgan fingerprint density at radius 3 is 2.44 bits per heavy atom. The van der Waals surface area contributed by atoms with Gasteiger partial charge in [0.15, 0.2) is 0 Å². The number of hydrogen-bond donors (Lipinski definition) is 3. The van der Waals surface area contributed by atoms with E-state index in [-0.39, 0.29) is 11.8 Å². The normalized spacial score (nSPS) is 11.7. The zero-order chi connectivity index (χ0) is 14.0. The second-order valence-corrected chi connectivity index (χ2v) is 4.92. The number of carbonyl (C=O) groups is 3. The number of aliphatic carboxylic acids is 1. The van der Waals surface area contributed by atoms with Crippen molar-refractivity contribution in [1.29, 1.82) is 0 Å². The summed E-state index contributed by atoms with van der Waals surface area (Å²) < 4.78 is 0. The number of thioether (sulfide) groups is 1. The first-order chi connectivity index (χ1) is 8.47. The first-order valence-corrected chi connectivity index (χ1v) is 6.97. The van der Waals surface area contributed by atoms with E-state index < -0.39 is 12.0 Å². The summed E-state index contributed by atoms with van der Waals surface area (Å²) in [5.41, 5.74) is 0. The Morgan fingerprint density at radius 1 is 1.28 bits per heavy atom. The Bertz CT molecular complexity index is 297. The molecule has 1 atom stereocenters. The fourth-order valence-electron chi connectivity index (χ4n) is 1.26. The van der Waals surface area contributed by atoms with Crippen molar-refractivity contribution >= 4 is 29.5 Å². The molecule has 0 fully saturated rings. The summed E-state index contributed by atoms with van der Waals surface area (Å²) in [5, 5.41) is 13.9. The van der Waals surface area contributed by atoms with E-state index in [9.17, 15) is 14.4 Å². The van der Waals surface area contributed by atoms with Gasteiger partial charge in [-0.1, -0.05) is 0 Å². The summed E-state index contributed by atoms with van der Waals surface area (Å²) in [7, 11) is 0. The van der Waals surface area contributed by atoms with Crippen molar-refractivity contribution in [3.05, 3.63) is 0 Å². The van der Waals surface area contributed by atoms with E-state index in [0.29, 0.717) is 30.9 Å². The highest BCUT2D eigenvalue weighted by Crippen LogP contribution is 2.07. The van der Waals surface area contributed by atoms with Gasteiger partial charge in [0.1, 0.15) is 6.04 Å². The van der Waals surface area contributed by atoms with Crippen molar-refractivity contribution in [2.75, 3.05) is 18.1 Å². The molecule has 2 amide bonds. The molecule has 18 heavy (non-hydrogen) atoms. The lowest BCUT2D eigenvalue weighted by atomic mass is 10.2. The second kappa shape index (κ2) is 9.76. The molecule has 0 heterocycles. The van der Waals surface area contributed by atoms with Crippen molar-refractivity contribution < 1.29 is 19.5 Å². The van der Waals surface area contributed by atoms with Crippen molar-refractivity contribution in [3.8, 4) is 0 Å². The Hall–Kier alpha value is -1.24. The first-order valence-electron chi connectivity index (χ1n) is 5.81. The molecule has 0 spiro atoms. The monoisotopic (exact) mass is 276 g/mol. The molecule has 3 N–H and O–H groups in total. The molecule has 0 aromatic heterocycles. The first kappa shape index (κ1) is 16.8. The smallest absolute Gasteiger partial charge is 0.326 e. The van der Waals surface area contributed by atoms with Crippen molar-refractivity contribution in [1.82, 2.24) is 10.6 Å². The molecular weight excluding hydrogens is 256 g/mol. The van der Waals surface area contributed by atoms with Gasteiger partial charge < -0.3 is 15.7 Å². The van der Waals surface area contributed by atoms with E-state index in [1.54, 1.807) is 0 Å². The Morgan fingerprint density at radius 2 is 1.94 bits per heavy atom. The highest BCUT2D eigenvalue weighted by atomic mass is 32.2. The zero-order valence-electron chi connectivity index (χ0n) is 10.7. The number of nitrogens with one attached hydrogen (secondary N) is 2. The topological polar surface area (TPSA) is 95.5 Å². The number of amides is 2. The average molecular weight is 276 g/mol. The summed E-state index contributed by atoms with van der Waals surface area (Å²) in [4.78, 5) is 32.7. The lowest BCUT2D eigenvalue weighted by molar-refractivity contribution is -0.141. The maximum Gasteiger partial charge on any atom is 0.326 e. The molecule has 104 valence electrons. The van der Waals surface area contributed by atoms with Crippen LogP contribution >= 0.6 is 11.8 Å². The average Bonchev–Trinajstić information content (AvgIpc) is 2.26. The molecule has 1 unspecified atom stereocenters. The van der Waals surface area contributed by atoms with Gasteiger partial charge in [-0.3, -0.25) is 9.59 Å². The number of carboxylic acid groups (broad SMARTS) is 1. The number of hydrogen-bond acceptors (Lipinski definition) is 4. The summed E-state index contributed by atoms with van der Waals surface area (Å²) in [6, 6.07) is -0.848. The van der Waals surface area contributed by atoms with Gasteiger partial charge in [-0.15, -0.1) is 0 Å². The van der Waals surface area contributed by atoms with Crippen LogP contribution in [0.4, 0.5) is 0 Å². The lowest BCUT2D eigenvalue weighted by Crippen LogP contribution is -2.39. The molecular formula is C11H20N2O4S. The fourth-order valence-corrected chi connectivity index (χ4v) is 2.19. The molecule has 0 aromatic carbocycles. The molecule has 0 saturated heterocycles. The van der Waals surface area contributed by atoms with Crippen LogP contribution in [0.3, 0.4) is 0 Å². The quantitative estimate of drug-likeness (QED) is 0.524. The minimum Gasteiger partial charge on any atom is -0.480 e. The molecule has 0 radical (unpaired) electrons. The van der Waals surface area contributed by atoms with E-state index in [1.165, 1.54) is 18.7 Å². The molecule has 0 aromatic rings. The summed E-state index contributed by atoms with van der Waals surface area (Å²) in [6.07, 6.45) is 0.783. The van der Waals surface area contributed by atoms with Gasteiger partial charge in [0.05, 0.1) is 0 Å². The molecule has 0 bridgehead atoms. The van der Waals surface area contributed by atoms with Crippen LogP contribution < -0.4 is 10.6 Å². The van der Waals surface area contributed by atoms with Gasteiger partial charge >= 0.3 is 5.97 Å². The summed E-state index contributed by atoms with van der Waals surface area (Å²) in [6.45, 7) is 3.77. The predicted molar refractivity (Wildman–Crippen MR) is 70.5 cm³/mol. The number of carbonyl (C=O) groups excluding carboxylic acids is 2. The van der Waals surface area contributed by atoms with Gasteiger partial charge in [-0.2, -0.15) is 11.8 Å². The third-order valence-electron chi connectivity index (χ3n) is 2.07. The summed E-state index contributed by atoms with van der Waals surface area (Å²) >= 11 is 1.50. The molecule has 0 rings (SSSR count). The minimum atomic E-state index is -1.03. The maximum atomic E-state index is 11.1. The number of rotatable bonds is 9. The largest absolute Gasteiger partial charge is 0.480 e. The van der Waals surface area contributed by atoms with Crippen LogP contribution in [0.25, 0.3) is 0 Å². The zero-order valence-corrected chi connectivity index (χ0v) is 11.5. The van der Waals surface area contributed by atoms with E-state index >= 15 is 0 Å². The van der Waals surface area contributed by atoms with Crippen LogP contribution in [0.2, 0.25) is 0 Å². The SMILES string of the molecule is CCNC(=O)CCSCCC(NC(C)=O)C(=O)O. The Labute approximate surface area is 111 Å². The molecule has 0 aliphatic rings. The highest BCUT2D eigenvalue weighted by molar-refractivity contribution is 7.99. The van der Waals surface area contributed by atoms with Gasteiger partial charge in [-0.05, 0) is 19.1 Å².